The summed E-state index contributed by atoms with van der Waals surface area (Å²) in [6.07, 6.45) is 0.973. The zero-order valence-corrected chi connectivity index (χ0v) is 13.6. The molecule has 0 bridgehead atoms. The normalized spacial score (nSPS) is 11.8. The lowest BCUT2D eigenvalue weighted by Crippen LogP contribution is -2.21. The molecule has 0 saturated heterocycles. The quantitative estimate of drug-likeness (QED) is 0.775. The smallest absolute Gasteiger partial charge is 0.213 e. The van der Waals surface area contributed by atoms with Gasteiger partial charge in [-0.15, -0.1) is 0 Å². The van der Waals surface area contributed by atoms with Gasteiger partial charge in [0.2, 0.25) is 5.88 Å². The van der Waals surface area contributed by atoms with Crippen molar-refractivity contribution >= 4 is 0 Å². The van der Waals surface area contributed by atoms with Gasteiger partial charge in [0.05, 0.1) is 27.4 Å². The Morgan fingerprint density at radius 1 is 1.09 bits per heavy atom. The molecule has 0 spiro atoms. The maximum atomic E-state index is 10.2. The molecule has 6 heteroatoms. The number of rotatable bonds is 8. The molecule has 2 aromatic rings. The number of aliphatic hydroxyl groups excluding tert-OH is 1. The number of hydrogen-bond donors (Lipinski definition) is 2. The zero-order valence-electron chi connectivity index (χ0n) is 13.6. The van der Waals surface area contributed by atoms with Gasteiger partial charge >= 0.3 is 0 Å². The monoisotopic (exact) mass is 318 g/mol. The van der Waals surface area contributed by atoms with E-state index in [1.54, 1.807) is 39.7 Å². The van der Waals surface area contributed by atoms with Crippen LogP contribution in [-0.4, -0.2) is 38.0 Å². The number of nitrogens with zero attached hydrogens (tertiary/aromatic N) is 1. The predicted octanol–water partition coefficient (Wildman–Crippen LogP) is 1.93. The lowest BCUT2D eigenvalue weighted by atomic mass is 10.1. The third-order valence-corrected chi connectivity index (χ3v) is 3.50. The average molecular weight is 318 g/mol. The molecular weight excluding hydrogens is 296 g/mol. The van der Waals surface area contributed by atoms with Crippen LogP contribution in [0.1, 0.15) is 17.2 Å². The summed E-state index contributed by atoms with van der Waals surface area (Å²) >= 11 is 0. The fourth-order valence-corrected chi connectivity index (χ4v) is 2.20. The topological polar surface area (TPSA) is 72.8 Å². The summed E-state index contributed by atoms with van der Waals surface area (Å²) in [5.74, 6) is 1.98. The highest BCUT2D eigenvalue weighted by Crippen LogP contribution is 2.24. The van der Waals surface area contributed by atoms with E-state index in [1.807, 2.05) is 18.2 Å². The van der Waals surface area contributed by atoms with Crippen LogP contribution in [0.4, 0.5) is 0 Å². The van der Waals surface area contributed by atoms with Crippen LogP contribution in [-0.2, 0) is 6.54 Å². The molecule has 1 unspecified atom stereocenters. The van der Waals surface area contributed by atoms with E-state index in [-0.39, 0.29) is 0 Å². The van der Waals surface area contributed by atoms with E-state index in [1.165, 1.54) is 0 Å². The van der Waals surface area contributed by atoms with Crippen LogP contribution in [0.3, 0.4) is 0 Å². The first-order chi connectivity index (χ1) is 11.2. The van der Waals surface area contributed by atoms with Crippen LogP contribution in [0.2, 0.25) is 0 Å². The zero-order chi connectivity index (χ0) is 16.7. The predicted molar refractivity (Wildman–Crippen MR) is 87.0 cm³/mol. The van der Waals surface area contributed by atoms with E-state index in [0.717, 1.165) is 22.6 Å². The summed E-state index contributed by atoms with van der Waals surface area (Å²) < 4.78 is 15.6. The largest absolute Gasteiger partial charge is 0.497 e. The minimum absolute atomic E-state index is 0.405. The van der Waals surface area contributed by atoms with Crippen molar-refractivity contribution in [1.82, 2.24) is 10.3 Å². The van der Waals surface area contributed by atoms with E-state index in [2.05, 4.69) is 10.3 Å². The molecule has 6 nitrogen and oxygen atoms in total. The van der Waals surface area contributed by atoms with Crippen LogP contribution in [0.25, 0.3) is 0 Å². The molecule has 0 aliphatic heterocycles. The molecule has 0 fully saturated rings. The van der Waals surface area contributed by atoms with Crippen molar-refractivity contribution < 1.29 is 19.3 Å². The molecule has 23 heavy (non-hydrogen) atoms. The number of ether oxygens (including phenoxy) is 3. The summed E-state index contributed by atoms with van der Waals surface area (Å²) in [5, 5.41) is 13.4. The van der Waals surface area contributed by atoms with Gasteiger partial charge in [-0.3, -0.25) is 0 Å². The first kappa shape index (κ1) is 17.1. The Hall–Kier alpha value is -2.31. The fraction of sp³-hybridized carbons (Fsp3) is 0.353. The highest BCUT2D eigenvalue weighted by molar-refractivity contribution is 5.40. The van der Waals surface area contributed by atoms with Gasteiger partial charge in [-0.2, -0.15) is 0 Å². The summed E-state index contributed by atoms with van der Waals surface area (Å²) in [6, 6.07) is 9.14. The number of nitrogens with one attached hydrogen (secondary N) is 1. The van der Waals surface area contributed by atoms with Crippen molar-refractivity contribution in [2.45, 2.75) is 12.6 Å². The number of benzene rings is 1. The summed E-state index contributed by atoms with van der Waals surface area (Å²) in [7, 11) is 4.79. The molecule has 1 heterocycles. The highest BCUT2D eigenvalue weighted by Gasteiger charge is 2.10. The Morgan fingerprint density at radius 3 is 2.61 bits per heavy atom. The molecule has 2 rings (SSSR count). The number of aliphatic hydroxyl groups is 1. The average Bonchev–Trinajstić information content (AvgIpc) is 2.61. The molecular formula is C17H22N2O4. The third kappa shape index (κ3) is 4.58. The SMILES string of the molecule is COc1ccc(CNCC(O)c2ccnc(OC)c2)c(OC)c1. The van der Waals surface area contributed by atoms with E-state index in [9.17, 15) is 5.11 Å². The maximum absolute atomic E-state index is 10.2. The lowest BCUT2D eigenvalue weighted by Gasteiger charge is -2.14. The molecule has 0 radical (unpaired) electrons. The van der Waals surface area contributed by atoms with E-state index < -0.39 is 6.10 Å². The Bertz CT molecular complexity index is 634. The van der Waals surface area contributed by atoms with E-state index in [0.29, 0.717) is 19.0 Å². The molecule has 124 valence electrons. The minimum atomic E-state index is -0.642. The van der Waals surface area contributed by atoms with Gasteiger partial charge in [-0.25, -0.2) is 4.98 Å². The molecule has 1 aromatic heterocycles. The van der Waals surface area contributed by atoms with Crippen molar-refractivity contribution in [2.24, 2.45) is 0 Å². The van der Waals surface area contributed by atoms with Crippen LogP contribution < -0.4 is 19.5 Å². The van der Waals surface area contributed by atoms with Gasteiger partial charge in [0, 0.05) is 37.0 Å². The van der Waals surface area contributed by atoms with Crippen molar-refractivity contribution in [1.29, 1.82) is 0 Å². The molecule has 0 aliphatic rings. The Labute approximate surface area is 136 Å². The Morgan fingerprint density at radius 2 is 1.91 bits per heavy atom. The fourth-order valence-electron chi connectivity index (χ4n) is 2.20. The molecule has 0 saturated carbocycles. The van der Waals surface area contributed by atoms with Gasteiger partial charge in [-0.05, 0) is 17.7 Å². The van der Waals surface area contributed by atoms with Gasteiger partial charge < -0.3 is 24.6 Å². The second kappa shape index (κ2) is 8.36. The van der Waals surface area contributed by atoms with E-state index in [4.69, 9.17) is 14.2 Å². The van der Waals surface area contributed by atoms with Crippen LogP contribution in [0.5, 0.6) is 17.4 Å². The number of methoxy groups -OCH3 is 3. The highest BCUT2D eigenvalue weighted by atomic mass is 16.5. The minimum Gasteiger partial charge on any atom is -0.497 e. The van der Waals surface area contributed by atoms with Gasteiger partial charge in [0.25, 0.3) is 0 Å². The van der Waals surface area contributed by atoms with Crippen LogP contribution in [0, 0.1) is 0 Å². The standard InChI is InChI=1S/C17H22N2O4/c1-21-14-5-4-13(16(9-14)22-2)10-18-11-15(20)12-6-7-19-17(8-12)23-3/h4-9,15,18,20H,10-11H2,1-3H3. The molecule has 0 aliphatic carbocycles. The van der Waals surface area contributed by atoms with Crippen LogP contribution >= 0.6 is 0 Å². The number of aromatic nitrogens is 1. The van der Waals surface area contributed by atoms with Crippen molar-refractivity contribution in [3.05, 3.63) is 47.7 Å². The van der Waals surface area contributed by atoms with Crippen molar-refractivity contribution in [2.75, 3.05) is 27.9 Å². The van der Waals surface area contributed by atoms with Crippen molar-refractivity contribution in [3.63, 3.8) is 0 Å². The first-order valence-electron chi connectivity index (χ1n) is 7.27. The second-order valence-corrected chi connectivity index (χ2v) is 4.96. The third-order valence-electron chi connectivity index (χ3n) is 3.50. The summed E-state index contributed by atoms with van der Waals surface area (Å²) in [4.78, 5) is 4.03. The van der Waals surface area contributed by atoms with Crippen molar-refractivity contribution in [3.8, 4) is 17.4 Å². The number of hydrogen-bond acceptors (Lipinski definition) is 6. The summed E-state index contributed by atoms with van der Waals surface area (Å²) in [5.41, 5.74) is 1.75. The second-order valence-electron chi connectivity index (χ2n) is 4.96. The Kier molecular flexibility index (Phi) is 6.19. The van der Waals surface area contributed by atoms with Gasteiger partial charge in [0.15, 0.2) is 0 Å². The van der Waals surface area contributed by atoms with Gasteiger partial charge in [0.1, 0.15) is 11.5 Å². The molecule has 2 N–H and O–H groups in total. The van der Waals surface area contributed by atoms with Gasteiger partial charge in [-0.1, -0.05) is 6.07 Å². The van der Waals surface area contributed by atoms with E-state index >= 15 is 0 Å². The maximum Gasteiger partial charge on any atom is 0.213 e. The first-order valence-corrected chi connectivity index (χ1v) is 7.27. The molecule has 0 amide bonds. The van der Waals surface area contributed by atoms with Crippen LogP contribution in [0.15, 0.2) is 36.5 Å². The number of pyridine rings is 1. The molecule has 1 atom stereocenters. The summed E-state index contributed by atoms with van der Waals surface area (Å²) in [6.45, 7) is 0.981. The molecule has 1 aromatic carbocycles. The Balaban J connectivity index is 1.93. The lowest BCUT2D eigenvalue weighted by molar-refractivity contribution is 0.173.